The summed E-state index contributed by atoms with van der Waals surface area (Å²) in [6.07, 6.45) is 1.78. The van der Waals surface area contributed by atoms with Gasteiger partial charge in [-0.05, 0) is 24.1 Å². The van der Waals surface area contributed by atoms with Crippen molar-refractivity contribution in [1.82, 2.24) is 10.6 Å². The fourth-order valence-corrected chi connectivity index (χ4v) is 2.92. The van der Waals surface area contributed by atoms with Crippen molar-refractivity contribution in [1.29, 1.82) is 0 Å². The lowest BCUT2D eigenvalue weighted by Gasteiger charge is -2.26. The predicted octanol–water partition coefficient (Wildman–Crippen LogP) is 0.962. The maximum absolute atomic E-state index is 10.3. The minimum atomic E-state index is -0.686. The van der Waals surface area contributed by atoms with Crippen molar-refractivity contribution in [3.8, 4) is 0 Å². The van der Waals surface area contributed by atoms with E-state index >= 15 is 0 Å². The molecule has 2 unspecified atom stereocenters. The molecule has 0 bridgehead atoms. The normalized spacial score (nSPS) is 30.9. The second-order valence-corrected chi connectivity index (χ2v) is 5.62. The number of hydrogen-bond acceptors (Lipinski definition) is 4. The van der Waals surface area contributed by atoms with Crippen LogP contribution in [0.5, 0.6) is 0 Å². The number of nitrogens with one attached hydrogen (secondary N) is 2. The van der Waals surface area contributed by atoms with Crippen molar-refractivity contribution in [2.45, 2.75) is 31.0 Å². The Balaban J connectivity index is 1.70. The minimum absolute atomic E-state index is 0.316. The molecule has 4 heteroatoms. The van der Waals surface area contributed by atoms with E-state index < -0.39 is 5.60 Å². The molecule has 0 saturated carbocycles. The Morgan fingerprint density at radius 3 is 3.16 bits per heavy atom. The number of benzene rings is 1. The van der Waals surface area contributed by atoms with Crippen LogP contribution in [0.25, 0.3) is 0 Å². The molecule has 0 spiro atoms. The lowest BCUT2D eigenvalue weighted by molar-refractivity contribution is 0.0246. The van der Waals surface area contributed by atoms with Crippen LogP contribution in [-0.2, 0) is 11.3 Å². The summed E-state index contributed by atoms with van der Waals surface area (Å²) in [6.45, 7) is 3.66. The Bertz CT molecular complexity index is 430. The molecule has 3 N–H and O–H groups in total. The smallest absolute Gasteiger partial charge is 0.103 e. The van der Waals surface area contributed by atoms with Crippen LogP contribution >= 0.6 is 0 Å². The molecular weight excluding hydrogens is 240 g/mol. The molecule has 2 aliphatic rings. The highest BCUT2D eigenvalue weighted by Gasteiger charge is 2.33. The zero-order valence-corrected chi connectivity index (χ0v) is 11.2. The van der Waals surface area contributed by atoms with E-state index in [1.165, 1.54) is 11.1 Å². The standard InChI is InChI=1S/C15H22N2O2/c18-15(6-8-19-11-15)10-17-14-5-7-16-9-12-3-1-2-4-13(12)14/h1-4,14,16-18H,5-11H2. The van der Waals surface area contributed by atoms with Crippen molar-refractivity contribution in [2.75, 3.05) is 26.3 Å². The summed E-state index contributed by atoms with van der Waals surface area (Å²) >= 11 is 0. The molecule has 0 aromatic heterocycles. The van der Waals surface area contributed by atoms with Crippen molar-refractivity contribution in [3.05, 3.63) is 35.4 Å². The molecule has 1 aromatic carbocycles. The van der Waals surface area contributed by atoms with E-state index in [0.29, 0.717) is 25.8 Å². The van der Waals surface area contributed by atoms with Crippen LogP contribution in [0.3, 0.4) is 0 Å². The molecular formula is C15H22N2O2. The Hall–Kier alpha value is -0.940. The Morgan fingerprint density at radius 1 is 1.42 bits per heavy atom. The van der Waals surface area contributed by atoms with Gasteiger partial charge >= 0.3 is 0 Å². The van der Waals surface area contributed by atoms with Gasteiger partial charge in [0, 0.05) is 32.2 Å². The van der Waals surface area contributed by atoms with Crippen LogP contribution < -0.4 is 10.6 Å². The van der Waals surface area contributed by atoms with Crippen molar-refractivity contribution >= 4 is 0 Å². The highest BCUT2D eigenvalue weighted by Crippen LogP contribution is 2.25. The first kappa shape index (κ1) is 13.1. The molecule has 2 aliphatic heterocycles. The molecule has 3 rings (SSSR count). The van der Waals surface area contributed by atoms with E-state index in [2.05, 4.69) is 34.9 Å². The largest absolute Gasteiger partial charge is 0.386 e. The summed E-state index contributed by atoms with van der Waals surface area (Å²) in [5.41, 5.74) is 2.02. The van der Waals surface area contributed by atoms with Gasteiger partial charge in [-0.2, -0.15) is 0 Å². The summed E-state index contributed by atoms with van der Waals surface area (Å²) in [6, 6.07) is 8.86. The highest BCUT2D eigenvalue weighted by atomic mass is 16.5. The lowest BCUT2D eigenvalue weighted by Crippen LogP contribution is -2.42. The van der Waals surface area contributed by atoms with Gasteiger partial charge in [-0.3, -0.25) is 0 Å². The zero-order chi connectivity index (χ0) is 13.1. The van der Waals surface area contributed by atoms with E-state index in [4.69, 9.17) is 4.74 Å². The van der Waals surface area contributed by atoms with E-state index in [1.807, 2.05) is 0 Å². The van der Waals surface area contributed by atoms with Gasteiger partial charge in [0.15, 0.2) is 0 Å². The van der Waals surface area contributed by atoms with Gasteiger partial charge in [0.1, 0.15) is 5.60 Å². The first-order chi connectivity index (χ1) is 9.27. The summed E-state index contributed by atoms with van der Waals surface area (Å²) in [7, 11) is 0. The van der Waals surface area contributed by atoms with Gasteiger partial charge < -0.3 is 20.5 Å². The molecule has 19 heavy (non-hydrogen) atoms. The van der Waals surface area contributed by atoms with Gasteiger partial charge in [-0.1, -0.05) is 24.3 Å². The fraction of sp³-hybridized carbons (Fsp3) is 0.600. The number of rotatable bonds is 3. The second-order valence-electron chi connectivity index (χ2n) is 5.62. The van der Waals surface area contributed by atoms with Crippen LogP contribution in [-0.4, -0.2) is 37.0 Å². The Labute approximate surface area is 114 Å². The van der Waals surface area contributed by atoms with Crippen LogP contribution in [0.2, 0.25) is 0 Å². The molecule has 0 radical (unpaired) electrons. The van der Waals surface area contributed by atoms with Crippen molar-refractivity contribution in [2.24, 2.45) is 0 Å². The molecule has 4 nitrogen and oxygen atoms in total. The highest BCUT2D eigenvalue weighted by molar-refractivity contribution is 5.31. The summed E-state index contributed by atoms with van der Waals surface area (Å²) in [5.74, 6) is 0. The number of hydrogen-bond donors (Lipinski definition) is 3. The SMILES string of the molecule is OC1(CNC2CCNCc3ccccc32)CCOC1. The predicted molar refractivity (Wildman–Crippen MR) is 73.9 cm³/mol. The molecule has 1 aromatic rings. The van der Waals surface area contributed by atoms with Crippen LogP contribution in [0, 0.1) is 0 Å². The molecule has 1 saturated heterocycles. The van der Waals surface area contributed by atoms with E-state index in [1.54, 1.807) is 0 Å². The van der Waals surface area contributed by atoms with Gasteiger partial charge in [-0.15, -0.1) is 0 Å². The third-order valence-electron chi connectivity index (χ3n) is 4.12. The second kappa shape index (κ2) is 5.59. The summed E-state index contributed by atoms with van der Waals surface area (Å²) < 4.78 is 5.29. The fourth-order valence-electron chi connectivity index (χ4n) is 2.92. The third-order valence-corrected chi connectivity index (χ3v) is 4.12. The van der Waals surface area contributed by atoms with Crippen LogP contribution in [0.1, 0.15) is 30.0 Å². The molecule has 0 amide bonds. The van der Waals surface area contributed by atoms with E-state index in [9.17, 15) is 5.11 Å². The number of aliphatic hydroxyl groups is 1. The quantitative estimate of drug-likeness (QED) is 0.759. The first-order valence-corrected chi connectivity index (χ1v) is 7.09. The zero-order valence-electron chi connectivity index (χ0n) is 11.2. The molecule has 2 heterocycles. The van der Waals surface area contributed by atoms with Gasteiger partial charge in [0.2, 0.25) is 0 Å². The minimum Gasteiger partial charge on any atom is -0.386 e. The average molecular weight is 262 g/mol. The number of ether oxygens (including phenoxy) is 1. The topological polar surface area (TPSA) is 53.5 Å². The molecule has 2 atom stereocenters. The Kier molecular flexibility index (Phi) is 3.84. The van der Waals surface area contributed by atoms with Crippen molar-refractivity contribution < 1.29 is 9.84 Å². The maximum atomic E-state index is 10.3. The molecule has 1 fully saturated rings. The Morgan fingerprint density at radius 2 is 2.32 bits per heavy atom. The van der Waals surface area contributed by atoms with Gasteiger partial charge in [-0.25, -0.2) is 0 Å². The monoisotopic (exact) mass is 262 g/mol. The summed E-state index contributed by atoms with van der Waals surface area (Å²) in [5, 5.41) is 17.3. The maximum Gasteiger partial charge on any atom is 0.103 e. The molecule has 0 aliphatic carbocycles. The summed E-state index contributed by atoms with van der Waals surface area (Å²) in [4.78, 5) is 0. The van der Waals surface area contributed by atoms with Crippen LogP contribution in [0.4, 0.5) is 0 Å². The first-order valence-electron chi connectivity index (χ1n) is 7.09. The van der Waals surface area contributed by atoms with E-state index in [-0.39, 0.29) is 0 Å². The lowest BCUT2D eigenvalue weighted by atomic mass is 9.97. The van der Waals surface area contributed by atoms with Crippen LogP contribution in [0.15, 0.2) is 24.3 Å². The molecule has 104 valence electrons. The van der Waals surface area contributed by atoms with Crippen molar-refractivity contribution in [3.63, 3.8) is 0 Å². The third kappa shape index (κ3) is 2.98. The van der Waals surface area contributed by atoms with Gasteiger partial charge in [0.25, 0.3) is 0 Å². The van der Waals surface area contributed by atoms with E-state index in [0.717, 1.165) is 25.9 Å². The van der Waals surface area contributed by atoms with Gasteiger partial charge in [0.05, 0.1) is 6.61 Å². The number of fused-ring (bicyclic) bond motifs is 1. The average Bonchev–Trinajstić information content (AvgIpc) is 2.75.